The Balaban J connectivity index is 2.00. The molecule has 2 rings (SSSR count). The molecule has 1 N–H and O–H groups in total. The predicted octanol–water partition coefficient (Wildman–Crippen LogP) is 3.14. The molecule has 2 aromatic rings. The summed E-state index contributed by atoms with van der Waals surface area (Å²) in [5.74, 6) is -0.382. The zero-order valence-electron chi connectivity index (χ0n) is 13.0. The van der Waals surface area contributed by atoms with E-state index in [9.17, 15) is 9.59 Å². The van der Waals surface area contributed by atoms with E-state index in [0.29, 0.717) is 12.2 Å². The third-order valence-corrected chi connectivity index (χ3v) is 4.21. The van der Waals surface area contributed by atoms with E-state index in [4.69, 9.17) is 0 Å². The van der Waals surface area contributed by atoms with Crippen LogP contribution in [-0.2, 0) is 16.1 Å². The number of aryl methyl sites for hydroxylation is 1. The van der Waals surface area contributed by atoms with Crippen LogP contribution in [0.1, 0.15) is 18.1 Å². The molecule has 0 saturated heterocycles. The highest BCUT2D eigenvalue weighted by molar-refractivity contribution is 9.10. The van der Waals surface area contributed by atoms with E-state index >= 15 is 0 Å². The number of hydrogen-bond donors (Lipinski definition) is 1. The molecule has 120 valence electrons. The van der Waals surface area contributed by atoms with Crippen molar-refractivity contribution < 1.29 is 9.59 Å². The lowest BCUT2D eigenvalue weighted by Gasteiger charge is -2.20. The molecule has 1 aromatic heterocycles. The van der Waals surface area contributed by atoms with Gasteiger partial charge < -0.3 is 10.2 Å². The minimum Gasteiger partial charge on any atom is -0.329 e. The van der Waals surface area contributed by atoms with Gasteiger partial charge in [-0.25, -0.2) is 0 Å². The number of rotatable bonds is 5. The summed E-state index contributed by atoms with van der Waals surface area (Å²) in [6, 6.07) is 9.24. The van der Waals surface area contributed by atoms with Crippen LogP contribution >= 0.6 is 15.9 Å². The zero-order chi connectivity index (χ0) is 16.8. The van der Waals surface area contributed by atoms with E-state index in [-0.39, 0.29) is 18.4 Å². The third-order valence-electron chi connectivity index (χ3n) is 3.36. The Morgan fingerprint density at radius 1 is 1.22 bits per heavy atom. The molecule has 0 saturated carbocycles. The van der Waals surface area contributed by atoms with Crippen LogP contribution in [0.5, 0.6) is 0 Å². The molecule has 0 aliphatic rings. The van der Waals surface area contributed by atoms with Gasteiger partial charge in [0.25, 0.3) is 0 Å². The number of carbonyl (C=O) groups excluding carboxylic acids is 2. The van der Waals surface area contributed by atoms with Crippen LogP contribution in [0.15, 0.2) is 47.2 Å². The molecule has 2 amide bonds. The van der Waals surface area contributed by atoms with Crippen LogP contribution in [0.4, 0.5) is 5.69 Å². The van der Waals surface area contributed by atoms with Crippen molar-refractivity contribution in [3.05, 3.63) is 58.3 Å². The molecule has 0 unspecified atom stereocenters. The second-order valence-corrected chi connectivity index (χ2v) is 6.10. The van der Waals surface area contributed by atoms with Gasteiger partial charge in [-0.3, -0.25) is 14.6 Å². The van der Waals surface area contributed by atoms with E-state index in [1.54, 1.807) is 12.4 Å². The summed E-state index contributed by atoms with van der Waals surface area (Å²) >= 11 is 3.43. The average molecular weight is 376 g/mol. The molecule has 0 aliphatic heterocycles. The fourth-order valence-corrected chi connectivity index (χ4v) is 2.41. The van der Waals surface area contributed by atoms with E-state index in [1.165, 1.54) is 11.8 Å². The third kappa shape index (κ3) is 5.17. The van der Waals surface area contributed by atoms with Gasteiger partial charge in [0.15, 0.2) is 0 Å². The summed E-state index contributed by atoms with van der Waals surface area (Å²) in [5.41, 5.74) is 2.71. The zero-order valence-corrected chi connectivity index (χ0v) is 14.6. The highest BCUT2D eigenvalue weighted by Crippen LogP contribution is 2.20. The minimum atomic E-state index is -0.231. The molecule has 5 nitrogen and oxygen atoms in total. The maximum absolute atomic E-state index is 12.2. The topological polar surface area (TPSA) is 62.3 Å². The predicted molar refractivity (Wildman–Crippen MR) is 92.8 cm³/mol. The summed E-state index contributed by atoms with van der Waals surface area (Å²) in [7, 11) is 0. The summed E-state index contributed by atoms with van der Waals surface area (Å²) in [6.45, 7) is 3.81. The lowest BCUT2D eigenvalue weighted by molar-refractivity contribution is -0.133. The highest BCUT2D eigenvalue weighted by Gasteiger charge is 2.14. The smallest absolute Gasteiger partial charge is 0.244 e. The lowest BCUT2D eigenvalue weighted by Crippen LogP contribution is -2.36. The van der Waals surface area contributed by atoms with Gasteiger partial charge in [0.05, 0.1) is 0 Å². The summed E-state index contributed by atoms with van der Waals surface area (Å²) in [5, 5.41) is 2.81. The standard InChI is InChI=1S/C17H18BrN3O2/c1-12-3-4-15(9-16(12)18)20-17(23)11-21(13(2)22)10-14-5-7-19-8-6-14/h3-9H,10-11H2,1-2H3,(H,20,23). The molecular weight excluding hydrogens is 358 g/mol. The minimum absolute atomic E-state index is 0.00313. The quantitative estimate of drug-likeness (QED) is 0.872. The Hall–Kier alpha value is -2.21. The number of pyridine rings is 1. The second kappa shape index (κ2) is 7.87. The van der Waals surface area contributed by atoms with Gasteiger partial charge in [0.1, 0.15) is 6.54 Å². The summed E-state index contributed by atoms with van der Waals surface area (Å²) in [6.07, 6.45) is 3.33. The summed E-state index contributed by atoms with van der Waals surface area (Å²) < 4.78 is 0.926. The fraction of sp³-hybridized carbons (Fsp3) is 0.235. The molecular formula is C17H18BrN3O2. The van der Waals surface area contributed by atoms with Crippen LogP contribution in [0.25, 0.3) is 0 Å². The number of amides is 2. The first kappa shape index (κ1) is 17.1. The maximum atomic E-state index is 12.2. The molecule has 6 heteroatoms. The molecule has 1 aromatic carbocycles. The first-order chi connectivity index (χ1) is 11.0. The van der Waals surface area contributed by atoms with Crippen molar-refractivity contribution in [2.24, 2.45) is 0 Å². The van der Waals surface area contributed by atoms with Crippen molar-refractivity contribution in [2.75, 3.05) is 11.9 Å². The van der Waals surface area contributed by atoms with Crippen LogP contribution < -0.4 is 5.32 Å². The summed E-state index contributed by atoms with van der Waals surface area (Å²) in [4.78, 5) is 29.4. The largest absolute Gasteiger partial charge is 0.329 e. The van der Waals surface area contributed by atoms with Gasteiger partial charge >= 0.3 is 0 Å². The van der Waals surface area contributed by atoms with Crippen molar-refractivity contribution in [3.8, 4) is 0 Å². The molecule has 0 radical (unpaired) electrons. The highest BCUT2D eigenvalue weighted by atomic mass is 79.9. The van der Waals surface area contributed by atoms with Crippen molar-refractivity contribution in [3.63, 3.8) is 0 Å². The van der Waals surface area contributed by atoms with E-state index in [1.807, 2.05) is 37.3 Å². The van der Waals surface area contributed by atoms with Crippen molar-refractivity contribution in [2.45, 2.75) is 20.4 Å². The lowest BCUT2D eigenvalue weighted by atomic mass is 10.2. The number of aromatic nitrogens is 1. The van der Waals surface area contributed by atoms with Gasteiger partial charge in [0, 0.05) is 36.0 Å². The molecule has 0 spiro atoms. The van der Waals surface area contributed by atoms with Gasteiger partial charge in [-0.1, -0.05) is 22.0 Å². The molecule has 1 heterocycles. The number of halogens is 1. The van der Waals surface area contributed by atoms with Crippen molar-refractivity contribution >= 4 is 33.4 Å². The Morgan fingerprint density at radius 2 is 1.91 bits per heavy atom. The Morgan fingerprint density at radius 3 is 2.52 bits per heavy atom. The number of nitrogens with one attached hydrogen (secondary N) is 1. The number of anilines is 1. The molecule has 23 heavy (non-hydrogen) atoms. The van der Waals surface area contributed by atoms with Gasteiger partial charge in [-0.2, -0.15) is 0 Å². The van der Waals surface area contributed by atoms with Crippen LogP contribution in [0.2, 0.25) is 0 Å². The molecule has 0 atom stereocenters. The van der Waals surface area contributed by atoms with E-state index < -0.39 is 0 Å². The van der Waals surface area contributed by atoms with Crippen LogP contribution in [0.3, 0.4) is 0 Å². The average Bonchev–Trinajstić information content (AvgIpc) is 2.51. The Labute approximate surface area is 143 Å². The van der Waals surface area contributed by atoms with Crippen molar-refractivity contribution in [1.29, 1.82) is 0 Å². The normalized spacial score (nSPS) is 10.2. The monoisotopic (exact) mass is 375 g/mol. The Bertz CT molecular complexity index is 704. The van der Waals surface area contributed by atoms with Gasteiger partial charge in [0.2, 0.25) is 11.8 Å². The van der Waals surface area contributed by atoms with Crippen molar-refractivity contribution in [1.82, 2.24) is 9.88 Å². The Kier molecular flexibility index (Phi) is 5.87. The molecule has 0 bridgehead atoms. The fourth-order valence-electron chi connectivity index (χ4n) is 2.03. The SMILES string of the molecule is CC(=O)N(CC(=O)Nc1ccc(C)c(Br)c1)Cc1ccncc1. The first-order valence-electron chi connectivity index (χ1n) is 7.16. The number of carbonyl (C=O) groups is 2. The van der Waals surface area contributed by atoms with E-state index in [0.717, 1.165) is 15.6 Å². The number of hydrogen-bond acceptors (Lipinski definition) is 3. The van der Waals surface area contributed by atoms with E-state index in [2.05, 4.69) is 26.2 Å². The van der Waals surface area contributed by atoms with Crippen LogP contribution in [0, 0.1) is 6.92 Å². The van der Waals surface area contributed by atoms with Gasteiger partial charge in [-0.15, -0.1) is 0 Å². The number of nitrogens with zero attached hydrogens (tertiary/aromatic N) is 2. The van der Waals surface area contributed by atoms with Gasteiger partial charge in [-0.05, 0) is 42.3 Å². The molecule has 0 fully saturated rings. The number of benzene rings is 1. The first-order valence-corrected chi connectivity index (χ1v) is 7.95. The maximum Gasteiger partial charge on any atom is 0.244 e. The van der Waals surface area contributed by atoms with Crippen LogP contribution in [-0.4, -0.2) is 28.2 Å². The molecule has 0 aliphatic carbocycles. The second-order valence-electron chi connectivity index (χ2n) is 5.24.